The second-order valence-electron chi connectivity index (χ2n) is 4.83. The predicted molar refractivity (Wildman–Crippen MR) is 78.3 cm³/mol. The van der Waals surface area contributed by atoms with Crippen LogP contribution in [0.15, 0.2) is 18.2 Å². The molecule has 0 aliphatic carbocycles. The van der Waals surface area contributed by atoms with E-state index >= 15 is 0 Å². The van der Waals surface area contributed by atoms with Crippen LogP contribution < -0.4 is 14.8 Å². The summed E-state index contributed by atoms with van der Waals surface area (Å²) in [5, 5.41) is 13.1. The summed E-state index contributed by atoms with van der Waals surface area (Å²) in [6.07, 6.45) is -0.691. The minimum absolute atomic E-state index is 0.0397. The van der Waals surface area contributed by atoms with Crippen LogP contribution in [0.5, 0.6) is 11.5 Å². The van der Waals surface area contributed by atoms with Crippen LogP contribution in [0.2, 0.25) is 0 Å². The fourth-order valence-corrected chi connectivity index (χ4v) is 2.24. The highest BCUT2D eigenvalue weighted by atomic mass is 16.7. The summed E-state index contributed by atoms with van der Waals surface area (Å²) in [5.74, 6) is 1.37. The number of likely N-dealkylation sites (N-methyl/N-ethyl adjacent to an activating group) is 1. The molecule has 1 heterocycles. The Balaban J connectivity index is 1.82. The highest BCUT2D eigenvalue weighted by molar-refractivity contribution is 5.78. The van der Waals surface area contributed by atoms with Gasteiger partial charge >= 0.3 is 0 Å². The molecule has 0 fully saturated rings. The van der Waals surface area contributed by atoms with Gasteiger partial charge in [-0.15, -0.1) is 0 Å². The van der Waals surface area contributed by atoms with Crippen LogP contribution in [0.1, 0.15) is 25.5 Å². The zero-order valence-electron chi connectivity index (χ0n) is 12.5. The maximum absolute atomic E-state index is 11.8. The molecule has 21 heavy (non-hydrogen) atoms. The summed E-state index contributed by atoms with van der Waals surface area (Å²) >= 11 is 0. The molecule has 0 bridgehead atoms. The minimum Gasteiger partial charge on any atom is -0.454 e. The molecular weight excluding hydrogens is 272 g/mol. The van der Waals surface area contributed by atoms with Gasteiger partial charge in [-0.25, -0.2) is 0 Å². The van der Waals surface area contributed by atoms with E-state index in [4.69, 9.17) is 9.47 Å². The third kappa shape index (κ3) is 3.86. The molecule has 1 atom stereocenters. The first-order chi connectivity index (χ1) is 10.2. The van der Waals surface area contributed by atoms with Gasteiger partial charge in [0.2, 0.25) is 12.7 Å². The highest BCUT2D eigenvalue weighted by Crippen LogP contribution is 2.33. The van der Waals surface area contributed by atoms with Gasteiger partial charge in [0.05, 0.1) is 12.6 Å². The molecule has 0 aromatic heterocycles. The van der Waals surface area contributed by atoms with Crippen LogP contribution in [0, 0.1) is 0 Å². The van der Waals surface area contributed by atoms with Crippen molar-refractivity contribution in [2.75, 3.05) is 33.0 Å². The molecule has 0 saturated carbocycles. The first kappa shape index (κ1) is 15.6. The zero-order valence-corrected chi connectivity index (χ0v) is 12.5. The highest BCUT2D eigenvalue weighted by Gasteiger charge is 2.17. The number of rotatable bonds is 7. The summed E-state index contributed by atoms with van der Waals surface area (Å²) < 4.78 is 10.5. The Morgan fingerprint density at radius 1 is 1.33 bits per heavy atom. The number of carbonyl (C=O) groups excluding carboxylic acids is 1. The average Bonchev–Trinajstić information content (AvgIpc) is 2.95. The van der Waals surface area contributed by atoms with Gasteiger partial charge in [0.1, 0.15) is 0 Å². The number of nitrogens with zero attached hydrogens (tertiary/aromatic N) is 1. The molecular formula is C15H22N2O4. The molecule has 0 saturated heterocycles. The Morgan fingerprint density at radius 3 is 2.76 bits per heavy atom. The summed E-state index contributed by atoms with van der Waals surface area (Å²) in [6.45, 7) is 6.04. The Labute approximate surface area is 124 Å². The third-order valence-electron chi connectivity index (χ3n) is 3.51. The summed E-state index contributed by atoms with van der Waals surface area (Å²) in [5.41, 5.74) is 0.738. The number of nitrogens with one attached hydrogen (secondary N) is 1. The first-order valence-corrected chi connectivity index (χ1v) is 7.21. The number of aliphatic hydroxyl groups excluding tert-OH is 1. The second kappa shape index (κ2) is 7.28. The summed E-state index contributed by atoms with van der Waals surface area (Å²) in [6, 6.07) is 5.34. The lowest BCUT2D eigenvalue weighted by atomic mass is 10.1. The number of amides is 1. The lowest BCUT2D eigenvalue weighted by molar-refractivity contribution is -0.129. The quantitative estimate of drug-likeness (QED) is 0.782. The Hall–Kier alpha value is -1.79. The Morgan fingerprint density at radius 2 is 2.05 bits per heavy atom. The van der Waals surface area contributed by atoms with Gasteiger partial charge in [0, 0.05) is 19.6 Å². The van der Waals surface area contributed by atoms with Gasteiger partial charge < -0.3 is 24.8 Å². The largest absolute Gasteiger partial charge is 0.454 e. The van der Waals surface area contributed by atoms with Crippen LogP contribution in [-0.4, -0.2) is 48.9 Å². The van der Waals surface area contributed by atoms with E-state index in [-0.39, 0.29) is 19.2 Å². The topological polar surface area (TPSA) is 71.0 Å². The van der Waals surface area contributed by atoms with Crippen molar-refractivity contribution in [1.29, 1.82) is 0 Å². The standard InChI is InChI=1S/C15H22N2O4/c1-3-17(4-2)15(19)9-16-8-12(18)11-5-6-13-14(7-11)21-10-20-13/h5-7,12,16,18H,3-4,8-10H2,1-2H3. The van der Waals surface area contributed by atoms with E-state index in [0.717, 1.165) is 5.56 Å². The van der Waals surface area contributed by atoms with Crippen molar-refractivity contribution < 1.29 is 19.4 Å². The summed E-state index contributed by atoms with van der Waals surface area (Å²) in [4.78, 5) is 13.6. The first-order valence-electron chi connectivity index (χ1n) is 7.21. The fraction of sp³-hybridized carbons (Fsp3) is 0.533. The van der Waals surface area contributed by atoms with Crippen molar-refractivity contribution in [1.82, 2.24) is 10.2 Å². The van der Waals surface area contributed by atoms with Crippen molar-refractivity contribution in [3.05, 3.63) is 23.8 Å². The number of ether oxygens (including phenoxy) is 2. The fourth-order valence-electron chi connectivity index (χ4n) is 2.24. The van der Waals surface area contributed by atoms with E-state index in [1.165, 1.54) is 0 Å². The Bertz CT molecular complexity index is 489. The summed E-state index contributed by atoms with van der Waals surface area (Å²) in [7, 11) is 0. The van der Waals surface area contributed by atoms with Crippen LogP contribution in [-0.2, 0) is 4.79 Å². The Kier molecular flexibility index (Phi) is 5.41. The maximum Gasteiger partial charge on any atom is 0.236 e. The molecule has 1 aromatic carbocycles. The molecule has 1 aliphatic heterocycles. The number of carbonyl (C=O) groups is 1. The SMILES string of the molecule is CCN(CC)C(=O)CNCC(O)c1ccc2c(c1)OCO2. The number of aliphatic hydroxyl groups is 1. The van der Waals surface area contributed by atoms with Crippen LogP contribution in [0.3, 0.4) is 0 Å². The van der Waals surface area contributed by atoms with Crippen LogP contribution in [0.25, 0.3) is 0 Å². The average molecular weight is 294 g/mol. The predicted octanol–water partition coefficient (Wildman–Crippen LogP) is 0.907. The molecule has 1 aromatic rings. The van der Waals surface area contributed by atoms with Crippen LogP contribution in [0.4, 0.5) is 0 Å². The van der Waals surface area contributed by atoms with E-state index in [1.807, 2.05) is 13.8 Å². The van der Waals surface area contributed by atoms with Gasteiger partial charge in [-0.1, -0.05) is 6.07 Å². The zero-order chi connectivity index (χ0) is 15.2. The number of hydrogen-bond donors (Lipinski definition) is 2. The van der Waals surface area contributed by atoms with Gasteiger partial charge in [-0.2, -0.15) is 0 Å². The van der Waals surface area contributed by atoms with E-state index in [9.17, 15) is 9.90 Å². The van der Waals surface area contributed by atoms with E-state index in [1.54, 1.807) is 23.1 Å². The van der Waals surface area contributed by atoms with E-state index in [0.29, 0.717) is 31.1 Å². The molecule has 1 amide bonds. The molecule has 0 radical (unpaired) electrons. The second-order valence-corrected chi connectivity index (χ2v) is 4.83. The number of fused-ring (bicyclic) bond motifs is 1. The number of benzene rings is 1. The van der Waals surface area contributed by atoms with Crippen molar-refractivity contribution in [2.45, 2.75) is 20.0 Å². The van der Waals surface area contributed by atoms with Gasteiger partial charge in [0.25, 0.3) is 0 Å². The van der Waals surface area contributed by atoms with Crippen molar-refractivity contribution in [3.63, 3.8) is 0 Å². The molecule has 2 rings (SSSR count). The van der Waals surface area contributed by atoms with Crippen LogP contribution >= 0.6 is 0 Å². The van der Waals surface area contributed by atoms with Gasteiger partial charge in [-0.05, 0) is 31.5 Å². The number of hydrogen-bond acceptors (Lipinski definition) is 5. The molecule has 2 N–H and O–H groups in total. The molecule has 6 heteroatoms. The molecule has 1 unspecified atom stereocenters. The van der Waals surface area contributed by atoms with E-state index < -0.39 is 6.10 Å². The third-order valence-corrected chi connectivity index (χ3v) is 3.51. The molecule has 0 spiro atoms. The normalized spacial score (nSPS) is 14.0. The lowest BCUT2D eigenvalue weighted by Crippen LogP contribution is -2.39. The molecule has 116 valence electrons. The van der Waals surface area contributed by atoms with Crippen molar-refractivity contribution in [2.24, 2.45) is 0 Å². The van der Waals surface area contributed by atoms with Crippen molar-refractivity contribution in [3.8, 4) is 11.5 Å². The maximum atomic E-state index is 11.8. The smallest absolute Gasteiger partial charge is 0.236 e. The molecule has 1 aliphatic rings. The lowest BCUT2D eigenvalue weighted by Gasteiger charge is -2.19. The van der Waals surface area contributed by atoms with Gasteiger partial charge in [-0.3, -0.25) is 4.79 Å². The molecule has 6 nitrogen and oxygen atoms in total. The van der Waals surface area contributed by atoms with Crippen molar-refractivity contribution >= 4 is 5.91 Å². The monoisotopic (exact) mass is 294 g/mol. The van der Waals surface area contributed by atoms with E-state index in [2.05, 4.69) is 5.32 Å². The minimum atomic E-state index is -0.691. The van der Waals surface area contributed by atoms with Gasteiger partial charge in [0.15, 0.2) is 11.5 Å².